The number of carbonyl (C=O) groups is 1. The van der Waals surface area contributed by atoms with Crippen LogP contribution < -0.4 is 10.2 Å². The summed E-state index contributed by atoms with van der Waals surface area (Å²) in [5.41, 5.74) is 0. The molecule has 0 unspecified atom stereocenters. The lowest BCUT2D eigenvalue weighted by Gasteiger charge is -2.37. The fourth-order valence-electron chi connectivity index (χ4n) is 2.70. The maximum Gasteiger partial charge on any atom is 0.242 e. The van der Waals surface area contributed by atoms with Gasteiger partial charge in [0.15, 0.2) is 5.82 Å². The molecule has 0 aliphatic carbocycles. The van der Waals surface area contributed by atoms with Crippen LogP contribution in [0.5, 0.6) is 0 Å². The van der Waals surface area contributed by atoms with E-state index in [1.54, 1.807) is 19.2 Å². The number of hydrogen-bond donors (Lipinski definition) is 1. The van der Waals surface area contributed by atoms with Gasteiger partial charge in [0.25, 0.3) is 0 Å². The van der Waals surface area contributed by atoms with E-state index in [0.29, 0.717) is 11.6 Å². The molecule has 2 aromatic heterocycles. The molecular formula is C16H21N5O2. The van der Waals surface area contributed by atoms with E-state index in [1.165, 1.54) is 0 Å². The molecule has 1 atom stereocenters. The van der Waals surface area contributed by atoms with E-state index in [2.05, 4.69) is 25.3 Å². The van der Waals surface area contributed by atoms with E-state index >= 15 is 0 Å². The second-order valence-electron chi connectivity index (χ2n) is 5.70. The van der Waals surface area contributed by atoms with Gasteiger partial charge in [-0.1, -0.05) is 11.2 Å². The van der Waals surface area contributed by atoms with Crippen LogP contribution in [0.1, 0.15) is 12.7 Å². The summed E-state index contributed by atoms with van der Waals surface area (Å²) < 4.78 is 4.96. The van der Waals surface area contributed by atoms with Crippen LogP contribution in [0.2, 0.25) is 0 Å². The summed E-state index contributed by atoms with van der Waals surface area (Å²) in [5, 5.41) is 6.58. The standard InChI is InChI=1S/C16H21N5O2/c1-12-11-14(19-23-12)18-16(22)13(2)20-7-9-21(10-8-20)15-5-3-4-6-17-15/h3-6,11,13H,7-10H2,1-2H3,(H,18,19,22)/t13-/m1/s1. The monoisotopic (exact) mass is 315 g/mol. The molecule has 0 radical (unpaired) electrons. The minimum atomic E-state index is -0.210. The second kappa shape index (κ2) is 6.78. The molecule has 2 aromatic rings. The number of rotatable bonds is 4. The zero-order chi connectivity index (χ0) is 16.2. The molecule has 0 saturated carbocycles. The Bertz CT molecular complexity index is 650. The van der Waals surface area contributed by atoms with Gasteiger partial charge in [-0.3, -0.25) is 9.69 Å². The number of amides is 1. The maximum absolute atomic E-state index is 12.3. The van der Waals surface area contributed by atoms with E-state index in [4.69, 9.17) is 4.52 Å². The first kappa shape index (κ1) is 15.5. The normalized spacial score (nSPS) is 17.0. The Morgan fingerprint density at radius 2 is 2.09 bits per heavy atom. The lowest BCUT2D eigenvalue weighted by Crippen LogP contribution is -2.53. The van der Waals surface area contributed by atoms with Crippen LogP contribution in [0, 0.1) is 6.92 Å². The highest BCUT2D eigenvalue weighted by atomic mass is 16.5. The highest BCUT2D eigenvalue weighted by molar-refractivity contribution is 5.93. The van der Waals surface area contributed by atoms with Crippen LogP contribution in [0.25, 0.3) is 0 Å². The molecule has 0 aromatic carbocycles. The summed E-state index contributed by atoms with van der Waals surface area (Å²) in [5.74, 6) is 2.07. The summed E-state index contributed by atoms with van der Waals surface area (Å²) in [6.45, 7) is 7.07. The molecule has 1 fully saturated rings. The number of anilines is 2. The van der Waals surface area contributed by atoms with Crippen LogP contribution in [-0.2, 0) is 4.79 Å². The van der Waals surface area contributed by atoms with Crippen molar-refractivity contribution in [3.05, 3.63) is 36.2 Å². The van der Waals surface area contributed by atoms with Gasteiger partial charge in [-0.05, 0) is 26.0 Å². The summed E-state index contributed by atoms with van der Waals surface area (Å²) in [7, 11) is 0. The molecule has 1 saturated heterocycles. The first-order valence-corrected chi connectivity index (χ1v) is 7.78. The maximum atomic E-state index is 12.3. The van der Waals surface area contributed by atoms with Crippen LogP contribution in [0.4, 0.5) is 11.6 Å². The second-order valence-corrected chi connectivity index (χ2v) is 5.70. The third-order valence-electron chi connectivity index (χ3n) is 4.09. The third kappa shape index (κ3) is 3.68. The molecule has 1 N–H and O–H groups in total. The molecule has 0 spiro atoms. The molecular weight excluding hydrogens is 294 g/mol. The average Bonchev–Trinajstić information content (AvgIpc) is 3.00. The molecule has 1 aliphatic rings. The highest BCUT2D eigenvalue weighted by Gasteiger charge is 2.26. The molecule has 1 amide bonds. The van der Waals surface area contributed by atoms with E-state index in [9.17, 15) is 4.79 Å². The number of pyridine rings is 1. The number of nitrogens with zero attached hydrogens (tertiary/aromatic N) is 4. The number of nitrogens with one attached hydrogen (secondary N) is 1. The van der Waals surface area contributed by atoms with Gasteiger partial charge in [0.1, 0.15) is 11.6 Å². The fraction of sp³-hybridized carbons (Fsp3) is 0.438. The number of hydrogen-bond acceptors (Lipinski definition) is 6. The van der Waals surface area contributed by atoms with Gasteiger partial charge in [0, 0.05) is 38.4 Å². The Morgan fingerprint density at radius 3 is 2.70 bits per heavy atom. The van der Waals surface area contributed by atoms with Crippen molar-refractivity contribution in [2.24, 2.45) is 0 Å². The Labute approximate surface area is 135 Å². The van der Waals surface area contributed by atoms with E-state index in [-0.39, 0.29) is 11.9 Å². The van der Waals surface area contributed by atoms with Crippen LogP contribution >= 0.6 is 0 Å². The van der Waals surface area contributed by atoms with Crippen LogP contribution in [-0.4, -0.2) is 53.2 Å². The number of carbonyl (C=O) groups excluding carboxylic acids is 1. The molecule has 0 bridgehead atoms. The molecule has 122 valence electrons. The van der Waals surface area contributed by atoms with Gasteiger partial charge in [-0.15, -0.1) is 0 Å². The zero-order valence-corrected chi connectivity index (χ0v) is 13.4. The lowest BCUT2D eigenvalue weighted by molar-refractivity contribution is -0.120. The molecule has 7 heteroatoms. The number of aryl methyl sites for hydroxylation is 1. The molecule has 23 heavy (non-hydrogen) atoms. The Kier molecular flexibility index (Phi) is 4.57. The van der Waals surface area contributed by atoms with Crippen molar-refractivity contribution in [1.29, 1.82) is 0 Å². The van der Waals surface area contributed by atoms with E-state index in [1.807, 2.05) is 25.1 Å². The van der Waals surface area contributed by atoms with Gasteiger partial charge in [0.2, 0.25) is 5.91 Å². The summed E-state index contributed by atoms with van der Waals surface area (Å²) >= 11 is 0. The van der Waals surface area contributed by atoms with Gasteiger partial charge in [-0.2, -0.15) is 0 Å². The topological polar surface area (TPSA) is 74.5 Å². The van der Waals surface area contributed by atoms with Crippen molar-refractivity contribution < 1.29 is 9.32 Å². The summed E-state index contributed by atoms with van der Waals surface area (Å²) in [6.07, 6.45) is 1.80. The largest absolute Gasteiger partial charge is 0.360 e. The molecule has 7 nitrogen and oxygen atoms in total. The van der Waals surface area contributed by atoms with Gasteiger partial charge >= 0.3 is 0 Å². The Balaban J connectivity index is 1.53. The van der Waals surface area contributed by atoms with Crippen molar-refractivity contribution >= 4 is 17.5 Å². The average molecular weight is 315 g/mol. The molecule has 3 rings (SSSR count). The Hall–Kier alpha value is -2.41. The summed E-state index contributed by atoms with van der Waals surface area (Å²) in [4.78, 5) is 21.1. The highest BCUT2D eigenvalue weighted by Crippen LogP contribution is 2.15. The van der Waals surface area contributed by atoms with Crippen LogP contribution in [0.3, 0.4) is 0 Å². The van der Waals surface area contributed by atoms with E-state index in [0.717, 1.165) is 32.0 Å². The van der Waals surface area contributed by atoms with Crippen molar-refractivity contribution in [3.8, 4) is 0 Å². The minimum absolute atomic E-state index is 0.0652. The first-order chi connectivity index (χ1) is 11.1. The van der Waals surface area contributed by atoms with E-state index < -0.39 is 0 Å². The predicted octanol–water partition coefficient (Wildman–Crippen LogP) is 1.53. The Morgan fingerprint density at radius 1 is 1.30 bits per heavy atom. The molecule has 1 aliphatic heterocycles. The SMILES string of the molecule is Cc1cc(NC(=O)[C@@H](C)N2CCN(c3ccccn3)CC2)no1. The zero-order valence-electron chi connectivity index (χ0n) is 13.4. The quantitative estimate of drug-likeness (QED) is 0.922. The smallest absolute Gasteiger partial charge is 0.242 e. The van der Waals surface area contributed by atoms with Gasteiger partial charge in [0.05, 0.1) is 6.04 Å². The minimum Gasteiger partial charge on any atom is -0.360 e. The number of piperazine rings is 1. The van der Waals surface area contributed by atoms with Crippen molar-refractivity contribution in [2.75, 3.05) is 36.4 Å². The number of aromatic nitrogens is 2. The van der Waals surface area contributed by atoms with Gasteiger partial charge < -0.3 is 14.7 Å². The van der Waals surface area contributed by atoms with Crippen molar-refractivity contribution in [2.45, 2.75) is 19.9 Å². The van der Waals surface area contributed by atoms with Gasteiger partial charge in [-0.25, -0.2) is 4.98 Å². The molecule has 3 heterocycles. The lowest BCUT2D eigenvalue weighted by atomic mass is 10.2. The predicted molar refractivity (Wildman–Crippen MR) is 87.4 cm³/mol. The van der Waals surface area contributed by atoms with Crippen LogP contribution in [0.15, 0.2) is 35.0 Å². The fourth-order valence-corrected chi connectivity index (χ4v) is 2.70. The van der Waals surface area contributed by atoms with Crippen molar-refractivity contribution in [1.82, 2.24) is 15.0 Å². The third-order valence-corrected chi connectivity index (χ3v) is 4.09. The summed E-state index contributed by atoms with van der Waals surface area (Å²) in [6, 6.07) is 7.42. The van der Waals surface area contributed by atoms with Crippen molar-refractivity contribution in [3.63, 3.8) is 0 Å². The first-order valence-electron chi connectivity index (χ1n) is 7.78.